The molecule has 0 spiro atoms. The monoisotopic (exact) mass is 633 g/mol. The Hall–Kier alpha value is -1.06. The van der Waals surface area contributed by atoms with Crippen molar-refractivity contribution in [1.29, 1.82) is 0 Å². The molecule has 39 heavy (non-hydrogen) atoms. The van der Waals surface area contributed by atoms with Crippen LogP contribution in [0.15, 0.2) is 89.6 Å². The zero-order valence-corrected chi connectivity index (χ0v) is 29.6. The van der Waals surface area contributed by atoms with Gasteiger partial charge in [-0.25, -0.2) is 5.57 Å². The fraction of sp³-hybridized carbons (Fsp3) is 0.353. The van der Waals surface area contributed by atoms with Crippen molar-refractivity contribution in [2.45, 2.75) is 73.1 Å². The molecule has 1 atom stereocenters. The molecule has 4 rings (SSSR count). The number of rotatable bonds is 7. The van der Waals surface area contributed by atoms with E-state index < -0.39 is 8.07 Å². The van der Waals surface area contributed by atoms with Crippen molar-refractivity contribution < 1.29 is 21.7 Å². The van der Waals surface area contributed by atoms with Gasteiger partial charge in [-0.15, -0.1) is 37.2 Å². The van der Waals surface area contributed by atoms with Gasteiger partial charge in [0.1, 0.15) is 0 Å². The number of allylic oxidation sites excluding steroid dienone is 4. The van der Waals surface area contributed by atoms with Gasteiger partial charge in [0.05, 0.1) is 8.07 Å². The van der Waals surface area contributed by atoms with E-state index in [1.807, 2.05) is 0 Å². The van der Waals surface area contributed by atoms with Crippen LogP contribution in [0.5, 0.6) is 0 Å². The Morgan fingerprint density at radius 1 is 0.615 bits per heavy atom. The number of hydrogen-bond acceptors (Lipinski definition) is 0. The first kappa shape index (κ1) is 37.9. The number of hydrogen-bond donors (Lipinski definition) is 0. The fourth-order valence-corrected chi connectivity index (χ4v) is 10.9. The molecule has 0 N–H and O–H groups in total. The third kappa shape index (κ3) is 7.62. The topological polar surface area (TPSA) is 0 Å². The molecule has 0 bridgehead atoms. The van der Waals surface area contributed by atoms with Crippen molar-refractivity contribution in [2.75, 3.05) is 0 Å². The Morgan fingerprint density at radius 2 is 0.949 bits per heavy atom. The van der Waals surface area contributed by atoms with Crippen molar-refractivity contribution in [3.05, 3.63) is 112 Å². The van der Waals surface area contributed by atoms with E-state index >= 15 is 0 Å². The van der Waals surface area contributed by atoms with E-state index in [0.29, 0.717) is 23.7 Å². The first-order valence-corrected chi connectivity index (χ1v) is 15.3. The minimum Gasteiger partial charge on any atom is -0.267 e. The summed E-state index contributed by atoms with van der Waals surface area (Å²) in [6.45, 7) is 18.4. The van der Waals surface area contributed by atoms with Crippen LogP contribution in [-0.2, 0) is 21.7 Å². The molecule has 210 valence electrons. The van der Waals surface area contributed by atoms with Gasteiger partial charge in [-0.05, 0) is 34.4 Å². The fourth-order valence-electron chi connectivity index (χ4n) is 5.60. The average molecular weight is 635 g/mol. The zero-order chi connectivity index (χ0) is 25.3. The van der Waals surface area contributed by atoms with Crippen LogP contribution in [0.25, 0.3) is 0 Å². The van der Waals surface area contributed by atoms with Crippen LogP contribution in [0.1, 0.15) is 89.8 Å². The van der Waals surface area contributed by atoms with Gasteiger partial charge in [-0.3, -0.25) is 6.08 Å². The van der Waals surface area contributed by atoms with Crippen molar-refractivity contribution >= 4 is 60.9 Å². The summed E-state index contributed by atoms with van der Waals surface area (Å²) in [7, 11) is -2.57. The largest absolute Gasteiger partial charge is 0.267 e. The predicted octanol–water partition coefficient (Wildman–Crippen LogP) is 8.65. The summed E-state index contributed by atoms with van der Waals surface area (Å²) in [5, 5.41) is 5.94. The van der Waals surface area contributed by atoms with Gasteiger partial charge in [0.15, 0.2) is 0 Å². The summed E-state index contributed by atoms with van der Waals surface area (Å²) >= 11 is 0. The average Bonchev–Trinajstić information content (AvgIpc) is 3.18. The molecule has 0 heterocycles. The van der Waals surface area contributed by atoms with Crippen LogP contribution in [0.3, 0.4) is 0 Å². The Bertz CT molecular complexity index is 1150. The summed E-state index contributed by atoms with van der Waals surface area (Å²) < 4.78 is 0. The number of halogens is 3. The molecule has 0 aliphatic heterocycles. The second-order valence-electron chi connectivity index (χ2n) is 11.2. The third-order valence-corrected chi connectivity index (χ3v) is 12.5. The zero-order valence-electron chi connectivity index (χ0n) is 24.5. The first-order chi connectivity index (χ1) is 16.6. The molecule has 0 saturated carbocycles. The molecule has 0 saturated heterocycles. The van der Waals surface area contributed by atoms with Crippen molar-refractivity contribution in [2.24, 2.45) is 5.92 Å². The normalized spacial score (nSPS) is 14.6. The van der Waals surface area contributed by atoms with Gasteiger partial charge in [0, 0.05) is 21.7 Å². The second-order valence-corrected chi connectivity index (χ2v) is 15.0. The van der Waals surface area contributed by atoms with Crippen molar-refractivity contribution in [3.63, 3.8) is 0 Å². The summed E-state index contributed by atoms with van der Waals surface area (Å²) in [4.78, 5) is 0. The molecule has 0 nitrogen and oxygen atoms in total. The van der Waals surface area contributed by atoms with Crippen LogP contribution < -0.4 is 15.6 Å². The molecule has 1 aliphatic carbocycles. The summed E-state index contributed by atoms with van der Waals surface area (Å²) in [6, 6.07) is 28.5. The van der Waals surface area contributed by atoms with Gasteiger partial charge in [-0.2, -0.15) is 11.3 Å². The van der Waals surface area contributed by atoms with E-state index in [4.69, 9.17) is 0 Å². The maximum Gasteiger partial charge on any atom is 0.0993 e. The number of benzene rings is 3. The molecule has 1 aliphatic rings. The van der Waals surface area contributed by atoms with Crippen LogP contribution in [0.4, 0.5) is 0 Å². The van der Waals surface area contributed by atoms with Crippen LogP contribution in [0, 0.1) is 12.0 Å². The van der Waals surface area contributed by atoms with E-state index in [0.717, 1.165) is 0 Å². The summed E-state index contributed by atoms with van der Waals surface area (Å²) in [5.41, 5.74) is 5.56. The van der Waals surface area contributed by atoms with Crippen LogP contribution in [-0.4, -0.2) is 8.07 Å². The van der Waals surface area contributed by atoms with E-state index in [1.54, 1.807) is 0 Å². The van der Waals surface area contributed by atoms with Crippen molar-refractivity contribution in [3.8, 4) is 0 Å². The molecule has 1 unspecified atom stereocenters. The van der Waals surface area contributed by atoms with Gasteiger partial charge in [0.2, 0.25) is 0 Å². The molecule has 0 radical (unpaired) electrons. The molecular weight excluding hydrogens is 591 g/mol. The molecule has 0 fully saturated rings. The predicted molar refractivity (Wildman–Crippen MR) is 178 cm³/mol. The Labute approximate surface area is 272 Å². The van der Waals surface area contributed by atoms with Crippen molar-refractivity contribution in [1.82, 2.24) is 0 Å². The minimum atomic E-state index is -2.57. The molecule has 0 aromatic heterocycles. The van der Waals surface area contributed by atoms with Gasteiger partial charge in [-0.1, -0.05) is 150 Å². The SMILES string of the molecule is CC1=[C-]C(C)C=C1[Si](c1cccc(C(C)C)c1)(c1cccc(C(C)C)c1)c1cccc(C(C)C)c1.Cl.Cl.Cl.[Ti]. The standard InChI is InChI=1S/C34H41Si.3ClH.Ti/c1-23(2)28-12-9-15-31(20-28)35(34-19-26(7)18-27(34)8,32-16-10-13-29(21-32)24(3)4)33-17-11-14-30(22-33)25(5)6;;;;/h9-17,19-26H,1-8H3;3*1H;/q-1;;;;. The van der Waals surface area contributed by atoms with Gasteiger partial charge < -0.3 is 0 Å². The molecule has 3 aromatic rings. The quantitative estimate of drug-likeness (QED) is 0.139. The van der Waals surface area contributed by atoms with Gasteiger partial charge in [0.25, 0.3) is 0 Å². The maximum absolute atomic E-state index is 3.75. The molecule has 5 heteroatoms. The van der Waals surface area contributed by atoms with E-state index in [1.165, 1.54) is 43.0 Å². The third-order valence-electron chi connectivity index (χ3n) is 7.63. The van der Waals surface area contributed by atoms with E-state index in [-0.39, 0.29) is 58.9 Å². The summed E-state index contributed by atoms with van der Waals surface area (Å²) in [6.07, 6.45) is 6.26. The van der Waals surface area contributed by atoms with Gasteiger partial charge >= 0.3 is 0 Å². The molecule has 0 amide bonds. The Kier molecular flexibility index (Phi) is 15.4. The second kappa shape index (κ2) is 15.8. The van der Waals surface area contributed by atoms with E-state index in [9.17, 15) is 0 Å². The Balaban J connectivity index is 0.00000361. The first-order valence-electron chi connectivity index (χ1n) is 13.3. The Morgan fingerprint density at radius 3 is 1.21 bits per heavy atom. The summed E-state index contributed by atoms with van der Waals surface area (Å²) in [5.74, 6) is 1.81. The molecular formula is C34H44Cl3SiTi-. The minimum absolute atomic E-state index is 0. The smallest absolute Gasteiger partial charge is 0.0993 e. The van der Waals surface area contributed by atoms with Crippen LogP contribution >= 0.6 is 37.2 Å². The van der Waals surface area contributed by atoms with Crippen LogP contribution in [0.2, 0.25) is 0 Å². The molecule has 3 aromatic carbocycles. The van der Waals surface area contributed by atoms with E-state index in [2.05, 4.69) is 140 Å². The maximum atomic E-state index is 3.75.